The number of carbonyl (C=O) groups is 1. The van der Waals surface area contributed by atoms with Crippen LogP contribution in [0.5, 0.6) is 0 Å². The Morgan fingerprint density at radius 3 is 2.55 bits per heavy atom. The van der Waals surface area contributed by atoms with Crippen molar-refractivity contribution in [3.05, 3.63) is 34.9 Å². The van der Waals surface area contributed by atoms with E-state index in [0.29, 0.717) is 18.5 Å². The first kappa shape index (κ1) is 17.0. The van der Waals surface area contributed by atoms with Crippen LogP contribution < -0.4 is 11.1 Å². The summed E-state index contributed by atoms with van der Waals surface area (Å²) in [6, 6.07) is 6.91. The van der Waals surface area contributed by atoms with Crippen LogP contribution in [0.3, 0.4) is 0 Å². The van der Waals surface area contributed by atoms with E-state index in [2.05, 4.69) is 37.4 Å². The quantitative estimate of drug-likeness (QED) is 0.901. The van der Waals surface area contributed by atoms with E-state index in [9.17, 15) is 4.79 Å². The average Bonchev–Trinajstić information content (AvgIpc) is 2.37. The van der Waals surface area contributed by atoms with Crippen molar-refractivity contribution >= 4 is 18.3 Å². The summed E-state index contributed by atoms with van der Waals surface area (Å²) < 4.78 is 0. The van der Waals surface area contributed by atoms with Crippen LogP contribution in [0.15, 0.2) is 18.2 Å². The minimum Gasteiger partial charge on any atom is -0.353 e. The molecule has 1 fully saturated rings. The molecule has 0 aliphatic heterocycles. The second-order valence-corrected chi connectivity index (χ2v) is 5.79. The molecule has 1 amide bonds. The molecular formula is C16H25ClN2O. The summed E-state index contributed by atoms with van der Waals surface area (Å²) in [5, 5.41) is 3.14. The summed E-state index contributed by atoms with van der Waals surface area (Å²) >= 11 is 0. The van der Waals surface area contributed by atoms with Gasteiger partial charge >= 0.3 is 0 Å². The highest BCUT2D eigenvalue weighted by Crippen LogP contribution is 2.17. The number of halogens is 1. The van der Waals surface area contributed by atoms with E-state index >= 15 is 0 Å². The lowest BCUT2D eigenvalue weighted by Gasteiger charge is -2.26. The molecule has 1 saturated carbocycles. The van der Waals surface area contributed by atoms with Gasteiger partial charge < -0.3 is 11.1 Å². The largest absolute Gasteiger partial charge is 0.353 e. The third-order valence-corrected chi connectivity index (χ3v) is 3.99. The van der Waals surface area contributed by atoms with Gasteiger partial charge in [0.05, 0.1) is 6.42 Å². The summed E-state index contributed by atoms with van der Waals surface area (Å²) in [4.78, 5) is 12.1. The fourth-order valence-electron chi connectivity index (χ4n) is 2.71. The molecule has 1 aromatic carbocycles. The highest BCUT2D eigenvalue weighted by molar-refractivity contribution is 5.85. The van der Waals surface area contributed by atoms with Gasteiger partial charge in [-0.15, -0.1) is 12.4 Å². The van der Waals surface area contributed by atoms with Gasteiger partial charge in [-0.1, -0.05) is 23.8 Å². The van der Waals surface area contributed by atoms with Gasteiger partial charge in [0, 0.05) is 12.1 Å². The first-order valence-corrected chi connectivity index (χ1v) is 7.15. The average molecular weight is 297 g/mol. The smallest absolute Gasteiger partial charge is 0.224 e. The van der Waals surface area contributed by atoms with Crippen LogP contribution in [-0.2, 0) is 11.2 Å². The molecular weight excluding hydrogens is 272 g/mol. The molecule has 20 heavy (non-hydrogen) atoms. The Morgan fingerprint density at radius 2 is 1.90 bits per heavy atom. The zero-order valence-corrected chi connectivity index (χ0v) is 13.1. The first-order valence-electron chi connectivity index (χ1n) is 7.15. The molecule has 0 bridgehead atoms. The number of aryl methyl sites for hydroxylation is 2. The fraction of sp³-hybridized carbons (Fsp3) is 0.562. The van der Waals surface area contributed by atoms with E-state index in [4.69, 9.17) is 5.73 Å². The zero-order chi connectivity index (χ0) is 13.8. The van der Waals surface area contributed by atoms with Crippen molar-refractivity contribution in [3.63, 3.8) is 0 Å². The van der Waals surface area contributed by atoms with E-state index < -0.39 is 0 Å². The Morgan fingerprint density at radius 1 is 1.25 bits per heavy atom. The topological polar surface area (TPSA) is 55.1 Å². The molecule has 4 heteroatoms. The predicted octanol–water partition coefficient (Wildman–Crippen LogP) is 2.65. The number of nitrogens with two attached hydrogens (primary N) is 1. The minimum atomic E-state index is 0. The number of carbonyl (C=O) groups excluding carboxylic acids is 1. The third kappa shape index (κ3) is 4.80. The maximum atomic E-state index is 12.1. The normalized spacial score (nSPS) is 21.9. The minimum absolute atomic E-state index is 0. The van der Waals surface area contributed by atoms with Gasteiger partial charge in [-0.3, -0.25) is 4.79 Å². The number of amides is 1. The summed E-state index contributed by atoms with van der Waals surface area (Å²) in [7, 11) is 0. The number of hydrogen-bond acceptors (Lipinski definition) is 2. The van der Waals surface area contributed by atoms with Gasteiger partial charge in [0.15, 0.2) is 0 Å². The summed E-state index contributed by atoms with van der Waals surface area (Å²) in [5.41, 5.74) is 9.40. The van der Waals surface area contributed by atoms with Crippen LogP contribution >= 0.6 is 12.4 Å². The number of nitrogens with one attached hydrogen (secondary N) is 1. The monoisotopic (exact) mass is 296 g/mol. The first-order chi connectivity index (χ1) is 9.04. The molecule has 112 valence electrons. The van der Waals surface area contributed by atoms with E-state index in [1.54, 1.807) is 0 Å². The van der Waals surface area contributed by atoms with Crippen LogP contribution in [-0.4, -0.2) is 18.0 Å². The number of rotatable bonds is 3. The lowest BCUT2D eigenvalue weighted by atomic mass is 9.91. The van der Waals surface area contributed by atoms with Crippen molar-refractivity contribution in [2.24, 2.45) is 5.73 Å². The second kappa shape index (κ2) is 7.65. The van der Waals surface area contributed by atoms with E-state index in [-0.39, 0.29) is 18.3 Å². The molecule has 0 aromatic heterocycles. The van der Waals surface area contributed by atoms with Crippen molar-refractivity contribution in [1.29, 1.82) is 0 Å². The van der Waals surface area contributed by atoms with Crippen molar-refractivity contribution in [3.8, 4) is 0 Å². The highest BCUT2D eigenvalue weighted by Gasteiger charge is 2.20. The summed E-state index contributed by atoms with van der Waals surface area (Å²) in [6.45, 7) is 4.12. The van der Waals surface area contributed by atoms with Crippen LogP contribution in [0.1, 0.15) is 42.4 Å². The fourth-order valence-corrected chi connectivity index (χ4v) is 2.71. The van der Waals surface area contributed by atoms with Gasteiger partial charge in [0.25, 0.3) is 0 Å². The maximum absolute atomic E-state index is 12.1. The van der Waals surface area contributed by atoms with E-state index in [1.807, 2.05) is 0 Å². The number of benzene rings is 1. The van der Waals surface area contributed by atoms with Crippen LogP contribution in [0.25, 0.3) is 0 Å². The molecule has 1 aromatic rings. The van der Waals surface area contributed by atoms with Gasteiger partial charge in [0.1, 0.15) is 0 Å². The molecule has 0 heterocycles. The SMILES string of the molecule is Cc1ccc(C)c(CC(=O)NC2CCC(N)CC2)c1.Cl. The van der Waals surface area contributed by atoms with Gasteiger partial charge in [-0.2, -0.15) is 0 Å². The Hall–Kier alpha value is -1.06. The molecule has 0 saturated heterocycles. The zero-order valence-electron chi connectivity index (χ0n) is 12.3. The lowest BCUT2D eigenvalue weighted by Crippen LogP contribution is -2.41. The molecule has 0 unspecified atom stereocenters. The maximum Gasteiger partial charge on any atom is 0.224 e. The highest BCUT2D eigenvalue weighted by atomic mass is 35.5. The van der Waals surface area contributed by atoms with Gasteiger partial charge in [-0.05, 0) is 50.7 Å². The van der Waals surface area contributed by atoms with Crippen molar-refractivity contribution in [1.82, 2.24) is 5.32 Å². The molecule has 0 spiro atoms. The Labute approximate surface area is 127 Å². The third-order valence-electron chi connectivity index (χ3n) is 3.99. The summed E-state index contributed by atoms with van der Waals surface area (Å²) in [6.07, 6.45) is 4.55. The number of hydrogen-bond donors (Lipinski definition) is 2. The molecule has 3 nitrogen and oxygen atoms in total. The Balaban J connectivity index is 0.00000200. The Kier molecular flexibility index (Phi) is 6.50. The molecule has 0 atom stereocenters. The van der Waals surface area contributed by atoms with Crippen LogP contribution in [0.4, 0.5) is 0 Å². The molecule has 1 aliphatic rings. The van der Waals surface area contributed by atoms with Gasteiger partial charge in [0.2, 0.25) is 5.91 Å². The molecule has 3 N–H and O–H groups in total. The van der Waals surface area contributed by atoms with Crippen molar-refractivity contribution < 1.29 is 4.79 Å². The van der Waals surface area contributed by atoms with Crippen molar-refractivity contribution in [2.75, 3.05) is 0 Å². The van der Waals surface area contributed by atoms with Crippen LogP contribution in [0, 0.1) is 13.8 Å². The predicted molar refractivity (Wildman–Crippen MR) is 85.2 cm³/mol. The van der Waals surface area contributed by atoms with Crippen molar-refractivity contribution in [2.45, 2.75) is 58.0 Å². The van der Waals surface area contributed by atoms with Gasteiger partial charge in [-0.25, -0.2) is 0 Å². The molecule has 1 aliphatic carbocycles. The van der Waals surface area contributed by atoms with Crippen LogP contribution in [0.2, 0.25) is 0 Å². The summed E-state index contributed by atoms with van der Waals surface area (Å²) in [5.74, 6) is 0.133. The second-order valence-electron chi connectivity index (χ2n) is 5.79. The Bertz CT molecular complexity index is 454. The standard InChI is InChI=1S/C16H24N2O.ClH/c1-11-3-4-12(2)13(9-11)10-16(19)18-15-7-5-14(17)6-8-15;/h3-4,9,14-15H,5-8,10,17H2,1-2H3,(H,18,19);1H. The van der Waals surface area contributed by atoms with E-state index in [0.717, 1.165) is 31.2 Å². The lowest BCUT2D eigenvalue weighted by molar-refractivity contribution is -0.121. The molecule has 2 rings (SSSR count). The van der Waals surface area contributed by atoms with E-state index in [1.165, 1.54) is 11.1 Å². The molecule has 0 radical (unpaired) electrons.